The molecule has 1 unspecified atom stereocenters. The summed E-state index contributed by atoms with van der Waals surface area (Å²) in [5.74, 6) is 2.48. The van der Waals surface area contributed by atoms with Gasteiger partial charge in [0, 0.05) is 11.6 Å². The largest absolute Gasteiger partial charge is 0.497 e. The molecule has 4 rings (SSSR count). The topological polar surface area (TPSA) is 109 Å². The van der Waals surface area contributed by atoms with E-state index in [2.05, 4.69) is 20.6 Å². The first kappa shape index (κ1) is 23.8. The molecule has 0 saturated carbocycles. The van der Waals surface area contributed by atoms with Gasteiger partial charge in [-0.05, 0) is 49.7 Å². The van der Waals surface area contributed by atoms with Crippen LogP contribution in [-0.2, 0) is 4.79 Å². The number of methoxy groups -OCH3 is 2. The lowest BCUT2D eigenvalue weighted by Crippen LogP contribution is -2.38. The maximum Gasteiger partial charge on any atom is 0.260 e. The molecule has 0 fully saturated rings. The summed E-state index contributed by atoms with van der Waals surface area (Å²) in [4.78, 5) is 12.4. The third-order valence-corrected chi connectivity index (χ3v) is 5.21. The predicted octanol–water partition coefficient (Wildman–Crippen LogP) is 3.08. The quantitative estimate of drug-likeness (QED) is 0.347. The van der Waals surface area contributed by atoms with Crippen molar-refractivity contribution in [1.82, 2.24) is 25.1 Å². The molecule has 2 aromatic carbocycles. The number of hydrogen-bond donors (Lipinski definition) is 1. The van der Waals surface area contributed by atoms with E-state index in [1.807, 2.05) is 43.3 Å². The molecule has 0 saturated heterocycles. The number of ether oxygens (including phenoxy) is 4. The lowest BCUT2D eigenvalue weighted by molar-refractivity contribution is -0.127. The van der Waals surface area contributed by atoms with Crippen molar-refractivity contribution in [3.8, 4) is 34.5 Å². The molecule has 10 nitrogen and oxygen atoms in total. The number of aryl methyl sites for hydroxylation is 1. The lowest BCUT2D eigenvalue weighted by Gasteiger charge is -2.17. The molecule has 0 aliphatic heterocycles. The Hall–Kier alpha value is -4.34. The summed E-state index contributed by atoms with van der Waals surface area (Å²) in [6.07, 6.45) is -0.705. The van der Waals surface area contributed by atoms with E-state index < -0.39 is 6.10 Å². The fourth-order valence-electron chi connectivity index (χ4n) is 3.38. The summed E-state index contributed by atoms with van der Waals surface area (Å²) in [5.41, 5.74) is 2.44. The molecule has 35 heavy (non-hydrogen) atoms. The van der Waals surface area contributed by atoms with Gasteiger partial charge in [0.15, 0.2) is 29.1 Å². The van der Waals surface area contributed by atoms with Gasteiger partial charge in [0.1, 0.15) is 12.4 Å². The number of nitrogens with one attached hydrogen (secondary N) is 1. The molecule has 0 aliphatic rings. The standard InChI is InChI=1S/C25H27N5O5/c1-16-8-9-20(21(14-16)33-4)35-17(2)25(31)26-12-13-34-23-11-10-22-27-28-24(30(22)29-23)18-6-5-7-19(15-18)32-3/h5-11,14-15,17H,12-13H2,1-4H3,(H,26,31). The van der Waals surface area contributed by atoms with E-state index in [1.54, 1.807) is 43.9 Å². The smallest absolute Gasteiger partial charge is 0.260 e. The zero-order chi connectivity index (χ0) is 24.8. The number of rotatable bonds is 10. The Morgan fingerprint density at radius 3 is 2.69 bits per heavy atom. The highest BCUT2D eigenvalue weighted by Crippen LogP contribution is 2.28. The first-order chi connectivity index (χ1) is 17.0. The van der Waals surface area contributed by atoms with Gasteiger partial charge in [-0.15, -0.1) is 15.3 Å². The van der Waals surface area contributed by atoms with E-state index in [4.69, 9.17) is 18.9 Å². The first-order valence-electron chi connectivity index (χ1n) is 11.1. The minimum Gasteiger partial charge on any atom is -0.497 e. The minimum atomic E-state index is -0.705. The van der Waals surface area contributed by atoms with Crippen molar-refractivity contribution in [1.29, 1.82) is 0 Å². The number of aromatic nitrogens is 4. The highest BCUT2D eigenvalue weighted by molar-refractivity contribution is 5.80. The van der Waals surface area contributed by atoms with Crippen LogP contribution in [0.3, 0.4) is 0 Å². The van der Waals surface area contributed by atoms with E-state index >= 15 is 0 Å². The second kappa shape index (κ2) is 10.7. The van der Waals surface area contributed by atoms with Crippen molar-refractivity contribution < 1.29 is 23.7 Å². The van der Waals surface area contributed by atoms with Crippen molar-refractivity contribution in [3.63, 3.8) is 0 Å². The van der Waals surface area contributed by atoms with Gasteiger partial charge in [0.25, 0.3) is 5.91 Å². The van der Waals surface area contributed by atoms with Crippen molar-refractivity contribution >= 4 is 11.6 Å². The Morgan fingerprint density at radius 1 is 1.03 bits per heavy atom. The monoisotopic (exact) mass is 477 g/mol. The second-order valence-corrected chi connectivity index (χ2v) is 7.75. The summed E-state index contributed by atoms with van der Waals surface area (Å²) >= 11 is 0. The van der Waals surface area contributed by atoms with Gasteiger partial charge in [-0.25, -0.2) is 0 Å². The molecular formula is C25H27N5O5. The van der Waals surface area contributed by atoms with Gasteiger partial charge >= 0.3 is 0 Å². The molecule has 0 spiro atoms. The van der Waals surface area contributed by atoms with Crippen LogP contribution in [0.4, 0.5) is 0 Å². The van der Waals surface area contributed by atoms with E-state index in [1.165, 1.54) is 0 Å². The highest BCUT2D eigenvalue weighted by atomic mass is 16.5. The van der Waals surface area contributed by atoms with Gasteiger partial charge in [0.2, 0.25) is 5.88 Å². The van der Waals surface area contributed by atoms with Crippen LogP contribution >= 0.6 is 0 Å². The summed E-state index contributed by atoms with van der Waals surface area (Å²) in [6.45, 7) is 4.14. The number of amides is 1. The van der Waals surface area contributed by atoms with Crippen molar-refractivity contribution in [2.75, 3.05) is 27.4 Å². The third kappa shape index (κ3) is 5.60. The molecule has 182 valence electrons. The fourth-order valence-corrected chi connectivity index (χ4v) is 3.38. The molecule has 2 aromatic heterocycles. The molecule has 1 amide bonds. The number of carbonyl (C=O) groups excluding carboxylic acids is 1. The van der Waals surface area contributed by atoms with Crippen LogP contribution in [0.2, 0.25) is 0 Å². The summed E-state index contributed by atoms with van der Waals surface area (Å²) < 4.78 is 23.7. The Balaban J connectivity index is 1.33. The zero-order valence-corrected chi connectivity index (χ0v) is 20.0. The van der Waals surface area contributed by atoms with Gasteiger partial charge in [0.05, 0.1) is 20.8 Å². The van der Waals surface area contributed by atoms with Crippen LogP contribution in [0.15, 0.2) is 54.6 Å². The predicted molar refractivity (Wildman–Crippen MR) is 129 cm³/mol. The SMILES string of the molecule is COc1cccc(-c2nnc3ccc(OCCNC(=O)C(C)Oc4ccc(C)cc4OC)nn23)c1. The molecule has 1 N–H and O–H groups in total. The van der Waals surface area contributed by atoms with E-state index in [-0.39, 0.29) is 19.1 Å². The fraction of sp³-hybridized carbons (Fsp3) is 0.280. The van der Waals surface area contributed by atoms with E-state index in [9.17, 15) is 4.79 Å². The average Bonchev–Trinajstić information content (AvgIpc) is 3.30. The zero-order valence-electron chi connectivity index (χ0n) is 20.0. The van der Waals surface area contributed by atoms with Gasteiger partial charge < -0.3 is 24.3 Å². The molecule has 0 aliphatic carbocycles. The van der Waals surface area contributed by atoms with Crippen LogP contribution in [0, 0.1) is 6.92 Å². The Bertz CT molecular complexity index is 1320. The van der Waals surface area contributed by atoms with Gasteiger partial charge in [-0.2, -0.15) is 4.52 Å². The van der Waals surface area contributed by atoms with Crippen molar-refractivity contribution in [2.45, 2.75) is 20.0 Å². The number of hydrogen-bond acceptors (Lipinski definition) is 8. The van der Waals surface area contributed by atoms with E-state index in [0.29, 0.717) is 34.6 Å². The average molecular weight is 478 g/mol. The van der Waals surface area contributed by atoms with Crippen LogP contribution in [0.25, 0.3) is 17.0 Å². The summed E-state index contributed by atoms with van der Waals surface area (Å²) in [5, 5.41) is 15.7. The third-order valence-electron chi connectivity index (χ3n) is 5.21. The second-order valence-electron chi connectivity index (χ2n) is 7.75. The van der Waals surface area contributed by atoms with Crippen LogP contribution < -0.4 is 24.3 Å². The van der Waals surface area contributed by atoms with Crippen LogP contribution in [0.5, 0.6) is 23.1 Å². The minimum absolute atomic E-state index is 0.224. The summed E-state index contributed by atoms with van der Waals surface area (Å²) in [6, 6.07) is 16.5. The van der Waals surface area contributed by atoms with Gasteiger partial charge in [-0.3, -0.25) is 4.79 Å². The Labute approximate surface area is 202 Å². The van der Waals surface area contributed by atoms with Crippen LogP contribution in [-0.4, -0.2) is 59.2 Å². The number of benzene rings is 2. The molecular weight excluding hydrogens is 450 g/mol. The lowest BCUT2D eigenvalue weighted by atomic mass is 10.2. The Kier molecular flexibility index (Phi) is 7.30. The van der Waals surface area contributed by atoms with Crippen LogP contribution in [0.1, 0.15) is 12.5 Å². The molecule has 1 atom stereocenters. The maximum atomic E-state index is 12.4. The number of fused-ring (bicyclic) bond motifs is 1. The van der Waals surface area contributed by atoms with Gasteiger partial charge in [-0.1, -0.05) is 18.2 Å². The number of carbonyl (C=O) groups is 1. The Morgan fingerprint density at radius 2 is 1.89 bits per heavy atom. The number of nitrogens with zero attached hydrogens (tertiary/aromatic N) is 4. The normalized spacial score (nSPS) is 11.7. The highest BCUT2D eigenvalue weighted by Gasteiger charge is 2.17. The molecule has 2 heterocycles. The van der Waals surface area contributed by atoms with E-state index in [0.717, 1.165) is 11.1 Å². The molecule has 0 bridgehead atoms. The first-order valence-corrected chi connectivity index (χ1v) is 11.1. The molecule has 0 radical (unpaired) electrons. The maximum absolute atomic E-state index is 12.4. The summed E-state index contributed by atoms with van der Waals surface area (Å²) in [7, 11) is 3.17. The van der Waals surface area contributed by atoms with Crippen molar-refractivity contribution in [3.05, 3.63) is 60.2 Å². The molecule has 10 heteroatoms. The van der Waals surface area contributed by atoms with Crippen molar-refractivity contribution in [2.24, 2.45) is 0 Å². The molecule has 4 aromatic rings.